The molecule has 10 nitrogen and oxygen atoms in total. The first-order chi connectivity index (χ1) is 14.5. The number of aliphatic hydroxyl groups is 1. The van der Waals surface area contributed by atoms with Gasteiger partial charge in [0.05, 0.1) is 72.6 Å². The van der Waals surface area contributed by atoms with Gasteiger partial charge in [-0.1, -0.05) is 13.8 Å². The second-order valence-electron chi connectivity index (χ2n) is 6.53. The molecule has 2 amide bonds. The summed E-state index contributed by atoms with van der Waals surface area (Å²) in [6.07, 6.45) is -1.24. The van der Waals surface area contributed by atoms with Crippen molar-refractivity contribution in [3.63, 3.8) is 0 Å². The van der Waals surface area contributed by atoms with E-state index in [0.717, 1.165) is 0 Å². The monoisotopic (exact) mass is 529 g/mol. The third-order valence-corrected chi connectivity index (χ3v) is 3.52. The molecule has 0 aromatic carbocycles. The summed E-state index contributed by atoms with van der Waals surface area (Å²) in [6, 6.07) is 0. The number of alkyl halides is 1. The van der Waals surface area contributed by atoms with Crippen molar-refractivity contribution in [2.24, 2.45) is 5.92 Å². The van der Waals surface area contributed by atoms with Crippen LogP contribution in [0.25, 0.3) is 0 Å². The van der Waals surface area contributed by atoms with E-state index in [1.54, 1.807) is 13.8 Å². The van der Waals surface area contributed by atoms with E-state index in [9.17, 15) is 14.0 Å². The van der Waals surface area contributed by atoms with Gasteiger partial charge < -0.3 is 39.4 Å². The van der Waals surface area contributed by atoms with Gasteiger partial charge in [0, 0.05) is 45.2 Å². The molecule has 0 aromatic heterocycles. The van der Waals surface area contributed by atoms with E-state index < -0.39 is 18.7 Å². The molecule has 0 bridgehead atoms. The summed E-state index contributed by atoms with van der Waals surface area (Å²) in [7, 11) is 0. The van der Waals surface area contributed by atoms with Gasteiger partial charge in [-0.15, -0.1) is 0 Å². The SMILES string of the molecule is CC(C)C(=O)NCC(F)COCCOCCOCCOCCOCCNC(=O)CO.[Y]. The number of nitrogens with one attached hydrogen (secondary N) is 2. The fraction of sp³-hybridized carbons (Fsp3) is 0.895. The molecule has 0 saturated carbocycles. The van der Waals surface area contributed by atoms with Crippen LogP contribution in [-0.4, -0.2) is 109 Å². The molecule has 0 aromatic rings. The summed E-state index contributed by atoms with van der Waals surface area (Å²) in [5, 5.41) is 13.5. The Morgan fingerprint density at radius 3 is 1.71 bits per heavy atom. The maximum Gasteiger partial charge on any atom is 0.245 e. The van der Waals surface area contributed by atoms with Gasteiger partial charge in [0.2, 0.25) is 11.8 Å². The van der Waals surface area contributed by atoms with Crippen LogP contribution < -0.4 is 10.6 Å². The Morgan fingerprint density at radius 1 is 0.806 bits per heavy atom. The molecule has 1 atom stereocenters. The van der Waals surface area contributed by atoms with E-state index in [-0.39, 0.29) is 64.3 Å². The molecule has 0 rings (SSSR count). The van der Waals surface area contributed by atoms with Crippen molar-refractivity contribution in [2.45, 2.75) is 20.0 Å². The second-order valence-corrected chi connectivity index (χ2v) is 6.53. The number of rotatable bonds is 21. The quantitative estimate of drug-likeness (QED) is 0.167. The first-order valence-electron chi connectivity index (χ1n) is 10.1. The summed E-state index contributed by atoms with van der Waals surface area (Å²) >= 11 is 0. The Hall–Kier alpha value is -0.266. The number of halogens is 1. The van der Waals surface area contributed by atoms with Crippen LogP contribution in [0.1, 0.15) is 13.8 Å². The van der Waals surface area contributed by atoms with Gasteiger partial charge in [-0.2, -0.15) is 0 Å². The minimum absolute atomic E-state index is 0. The number of amides is 2. The first-order valence-corrected chi connectivity index (χ1v) is 10.1. The zero-order valence-corrected chi connectivity index (χ0v) is 21.4. The molecule has 181 valence electrons. The molecular formula is C19H37FN2O8Y. The van der Waals surface area contributed by atoms with E-state index in [2.05, 4.69) is 10.6 Å². The minimum atomic E-state index is -1.24. The third kappa shape index (κ3) is 24.2. The van der Waals surface area contributed by atoms with Crippen LogP contribution in [0.15, 0.2) is 0 Å². The van der Waals surface area contributed by atoms with Gasteiger partial charge in [0.1, 0.15) is 12.8 Å². The number of carbonyl (C=O) groups is 2. The Labute approximate surface area is 209 Å². The smallest absolute Gasteiger partial charge is 0.245 e. The molecule has 3 N–H and O–H groups in total. The van der Waals surface area contributed by atoms with Gasteiger partial charge in [-0.05, 0) is 0 Å². The van der Waals surface area contributed by atoms with Crippen molar-refractivity contribution in [3.8, 4) is 0 Å². The molecule has 0 aliphatic rings. The van der Waals surface area contributed by atoms with Crippen molar-refractivity contribution in [1.82, 2.24) is 10.6 Å². The van der Waals surface area contributed by atoms with Crippen LogP contribution in [0, 0.1) is 5.92 Å². The average molecular weight is 529 g/mol. The van der Waals surface area contributed by atoms with E-state index in [1.807, 2.05) is 0 Å². The Morgan fingerprint density at radius 2 is 1.26 bits per heavy atom. The summed E-state index contributed by atoms with van der Waals surface area (Å²) in [6.45, 7) is 6.63. The second kappa shape index (κ2) is 24.4. The molecule has 12 heteroatoms. The van der Waals surface area contributed by atoms with E-state index in [4.69, 9.17) is 28.8 Å². The normalized spacial score (nSPS) is 11.8. The largest absolute Gasteiger partial charge is 0.387 e. The molecule has 0 saturated heterocycles. The number of hydrogen-bond donors (Lipinski definition) is 3. The molecule has 1 unspecified atom stereocenters. The molecule has 0 heterocycles. The zero-order chi connectivity index (χ0) is 22.5. The average Bonchev–Trinajstić information content (AvgIpc) is 2.73. The number of aliphatic hydroxyl groups excluding tert-OH is 1. The molecule has 0 aliphatic heterocycles. The number of carbonyl (C=O) groups excluding carboxylic acids is 2. The first kappa shape index (κ1) is 32.9. The summed E-state index contributed by atoms with van der Waals surface area (Å²) < 4.78 is 39.8. The van der Waals surface area contributed by atoms with Gasteiger partial charge in [-0.25, -0.2) is 4.39 Å². The molecule has 1 radical (unpaired) electrons. The van der Waals surface area contributed by atoms with Crippen LogP contribution in [0.2, 0.25) is 0 Å². The van der Waals surface area contributed by atoms with Gasteiger partial charge in [-0.3, -0.25) is 9.59 Å². The predicted molar refractivity (Wildman–Crippen MR) is 107 cm³/mol. The molecule has 0 aliphatic carbocycles. The van der Waals surface area contributed by atoms with Crippen LogP contribution in [0.4, 0.5) is 4.39 Å². The van der Waals surface area contributed by atoms with Gasteiger partial charge in [0.15, 0.2) is 0 Å². The fourth-order valence-corrected chi connectivity index (χ4v) is 1.88. The maximum atomic E-state index is 13.5. The van der Waals surface area contributed by atoms with Gasteiger partial charge in [0.25, 0.3) is 0 Å². The zero-order valence-electron chi connectivity index (χ0n) is 18.6. The van der Waals surface area contributed by atoms with Crippen LogP contribution >= 0.6 is 0 Å². The van der Waals surface area contributed by atoms with Gasteiger partial charge >= 0.3 is 0 Å². The van der Waals surface area contributed by atoms with Crippen molar-refractivity contribution >= 4 is 11.8 Å². The number of hydrogen-bond acceptors (Lipinski definition) is 8. The molecule has 0 spiro atoms. The van der Waals surface area contributed by atoms with Crippen LogP contribution in [-0.2, 0) is 66.0 Å². The molecule has 31 heavy (non-hydrogen) atoms. The van der Waals surface area contributed by atoms with Crippen molar-refractivity contribution in [2.75, 3.05) is 85.8 Å². The Bertz CT molecular complexity index is 436. The van der Waals surface area contributed by atoms with Crippen molar-refractivity contribution < 1.29 is 75.5 Å². The summed E-state index contributed by atoms with van der Waals surface area (Å²) in [4.78, 5) is 22.1. The van der Waals surface area contributed by atoms with E-state index in [1.165, 1.54) is 0 Å². The summed E-state index contributed by atoms with van der Waals surface area (Å²) in [5.74, 6) is -0.777. The molecule has 0 fully saturated rings. The maximum absolute atomic E-state index is 13.5. The van der Waals surface area contributed by atoms with Crippen molar-refractivity contribution in [1.29, 1.82) is 0 Å². The predicted octanol–water partition coefficient (Wildman–Crippen LogP) is -0.714. The van der Waals surface area contributed by atoms with E-state index >= 15 is 0 Å². The van der Waals surface area contributed by atoms with E-state index in [0.29, 0.717) is 59.4 Å². The fourth-order valence-electron chi connectivity index (χ4n) is 1.88. The minimum Gasteiger partial charge on any atom is -0.387 e. The number of ether oxygens (including phenoxy) is 5. The standard InChI is InChI=1S/C19H37FN2O8.Y/c1-16(2)19(25)22-13-17(20)15-30-12-11-29-10-9-28-8-7-27-6-5-26-4-3-21-18(24)14-23;/h16-17,23H,3-15H2,1-2H3,(H,21,24)(H,22,25);. The molecular weight excluding hydrogens is 492 g/mol. The van der Waals surface area contributed by atoms with Crippen molar-refractivity contribution in [3.05, 3.63) is 0 Å². The van der Waals surface area contributed by atoms with Crippen LogP contribution in [0.3, 0.4) is 0 Å². The Balaban J connectivity index is 0. The Kier molecular flexibility index (Phi) is 25.9. The topological polar surface area (TPSA) is 125 Å². The van der Waals surface area contributed by atoms with Crippen LogP contribution in [0.5, 0.6) is 0 Å². The summed E-state index contributed by atoms with van der Waals surface area (Å²) in [5.41, 5.74) is 0. The third-order valence-electron chi connectivity index (χ3n) is 3.52.